The van der Waals surface area contributed by atoms with Crippen molar-refractivity contribution in [3.8, 4) is 11.6 Å². The van der Waals surface area contributed by atoms with Crippen LogP contribution in [0.2, 0.25) is 0 Å². The maximum absolute atomic E-state index is 12.9. The van der Waals surface area contributed by atoms with Crippen LogP contribution in [0.1, 0.15) is 93.7 Å². The number of aliphatic hydroxyl groups excluding tert-OH is 4. The van der Waals surface area contributed by atoms with Crippen molar-refractivity contribution in [3.63, 3.8) is 0 Å². The molecule has 1 aliphatic heterocycles. The summed E-state index contributed by atoms with van der Waals surface area (Å²) < 4.78 is 22.7. The van der Waals surface area contributed by atoms with E-state index in [0.717, 1.165) is 27.9 Å². The van der Waals surface area contributed by atoms with Gasteiger partial charge in [-0.25, -0.2) is 4.79 Å². The van der Waals surface area contributed by atoms with Crippen molar-refractivity contribution in [3.05, 3.63) is 76.5 Å². The number of hydrogen-bond donors (Lipinski definition) is 9. The van der Waals surface area contributed by atoms with Gasteiger partial charge in [-0.1, -0.05) is 50.2 Å². The van der Waals surface area contributed by atoms with Crippen LogP contribution in [0.15, 0.2) is 48.5 Å². The number of aryl methyl sites for hydroxylation is 1. The summed E-state index contributed by atoms with van der Waals surface area (Å²) in [4.78, 5) is 36.9. The van der Waals surface area contributed by atoms with Crippen molar-refractivity contribution >= 4 is 17.9 Å². The number of nitrogens with zero attached hydrogens (tertiary/aromatic N) is 1. The number of aliphatic hydroxyl groups is 4. The van der Waals surface area contributed by atoms with E-state index in [4.69, 9.17) is 24.7 Å². The first-order valence-corrected chi connectivity index (χ1v) is 20.1. The van der Waals surface area contributed by atoms with Crippen molar-refractivity contribution in [2.45, 2.75) is 128 Å². The minimum absolute atomic E-state index is 0.0582. The molecule has 326 valence electrons. The third-order valence-corrected chi connectivity index (χ3v) is 10.1. The second-order valence-electron chi connectivity index (χ2n) is 15.9. The van der Waals surface area contributed by atoms with Crippen LogP contribution in [0, 0.1) is 6.92 Å². The summed E-state index contributed by atoms with van der Waals surface area (Å²) in [5.74, 6) is 0.00757. The van der Waals surface area contributed by atoms with Crippen molar-refractivity contribution in [2.24, 2.45) is 5.73 Å². The van der Waals surface area contributed by atoms with E-state index in [9.17, 15) is 34.8 Å². The molecule has 59 heavy (non-hydrogen) atoms. The Morgan fingerprint density at radius 1 is 1.00 bits per heavy atom. The molecule has 3 aromatic rings. The molecule has 1 aliphatic rings. The van der Waals surface area contributed by atoms with E-state index in [1.807, 2.05) is 83.1 Å². The van der Waals surface area contributed by atoms with Crippen molar-refractivity contribution in [1.82, 2.24) is 26.1 Å². The number of nitrogens with one attached hydrogen (secondary N) is 4. The SMILES string of the molecule is Cc1cc(OCCCNC(C)(C)CC(=O)N[C@@H](CCCCNC(=O)OCc2ccccc2)C(N)=O)ccc1Cc1c(O[C@@H]2O[C@H](CO)[C@@H](O)[C@H](O)[C@H]2O)n[nH]c1C(C)C. The third kappa shape index (κ3) is 14.5. The van der Waals surface area contributed by atoms with Crippen molar-refractivity contribution in [1.29, 1.82) is 0 Å². The van der Waals surface area contributed by atoms with Gasteiger partial charge in [-0.2, -0.15) is 0 Å². The average molecular weight is 827 g/mol. The van der Waals surface area contributed by atoms with Gasteiger partial charge in [0.25, 0.3) is 0 Å². The molecule has 1 saturated heterocycles. The number of carbonyl (C=O) groups excluding carboxylic acids is 3. The Hall–Kier alpha value is -4.78. The van der Waals surface area contributed by atoms with Crippen LogP contribution in [0.4, 0.5) is 4.79 Å². The van der Waals surface area contributed by atoms with E-state index >= 15 is 0 Å². The van der Waals surface area contributed by atoms with E-state index in [1.54, 1.807) is 0 Å². The Bertz CT molecular complexity index is 1790. The lowest BCUT2D eigenvalue weighted by atomic mass is 9.96. The fourth-order valence-corrected chi connectivity index (χ4v) is 6.65. The first-order valence-electron chi connectivity index (χ1n) is 20.1. The van der Waals surface area contributed by atoms with Crippen LogP contribution in [0.25, 0.3) is 0 Å². The van der Waals surface area contributed by atoms with Crippen LogP contribution in [0.5, 0.6) is 11.6 Å². The molecule has 2 aromatic carbocycles. The largest absolute Gasteiger partial charge is 0.494 e. The number of primary amides is 1. The van der Waals surface area contributed by atoms with Crippen LogP contribution < -0.4 is 31.2 Å². The molecule has 0 unspecified atom stereocenters. The summed E-state index contributed by atoms with van der Waals surface area (Å²) in [5, 5.41) is 56.6. The average Bonchev–Trinajstić information content (AvgIpc) is 3.59. The fraction of sp³-hybridized carbons (Fsp3) is 0.571. The second-order valence-corrected chi connectivity index (χ2v) is 15.9. The number of benzene rings is 2. The smallest absolute Gasteiger partial charge is 0.407 e. The summed E-state index contributed by atoms with van der Waals surface area (Å²) in [5.41, 5.74) is 9.41. The number of rotatable bonds is 23. The third-order valence-electron chi connectivity index (χ3n) is 10.1. The van der Waals surface area contributed by atoms with E-state index in [-0.39, 0.29) is 30.7 Å². The molecule has 4 rings (SSSR count). The first kappa shape index (κ1) is 46.9. The van der Waals surface area contributed by atoms with Crippen molar-refractivity contribution < 1.29 is 53.8 Å². The zero-order chi connectivity index (χ0) is 43.1. The minimum Gasteiger partial charge on any atom is -0.494 e. The molecule has 0 saturated carbocycles. The fourth-order valence-electron chi connectivity index (χ4n) is 6.65. The Labute approximate surface area is 345 Å². The van der Waals surface area contributed by atoms with Gasteiger partial charge < -0.3 is 61.1 Å². The number of H-pyrrole nitrogens is 1. The molecule has 17 nitrogen and oxygen atoms in total. The molecule has 6 atom stereocenters. The van der Waals surface area contributed by atoms with Crippen LogP contribution >= 0.6 is 0 Å². The molecule has 2 heterocycles. The van der Waals surface area contributed by atoms with Gasteiger partial charge in [0.2, 0.25) is 24.0 Å². The van der Waals surface area contributed by atoms with Crippen LogP contribution in [-0.4, -0.2) is 117 Å². The zero-order valence-corrected chi connectivity index (χ0v) is 34.6. The summed E-state index contributed by atoms with van der Waals surface area (Å²) in [6, 6.07) is 14.3. The van der Waals surface area contributed by atoms with Crippen LogP contribution in [-0.2, 0) is 32.1 Å². The highest BCUT2D eigenvalue weighted by Gasteiger charge is 2.45. The lowest BCUT2D eigenvalue weighted by molar-refractivity contribution is -0.278. The molecule has 0 spiro atoms. The molecule has 17 heteroatoms. The number of aromatic nitrogens is 2. The molecule has 1 aromatic heterocycles. The number of hydrogen-bond acceptors (Lipinski definition) is 13. The quantitative estimate of drug-likeness (QED) is 0.0623. The number of nitrogens with two attached hydrogens (primary N) is 1. The molecule has 10 N–H and O–H groups in total. The maximum atomic E-state index is 12.9. The molecule has 0 bridgehead atoms. The molecular weight excluding hydrogens is 764 g/mol. The van der Waals surface area contributed by atoms with Gasteiger partial charge in [0, 0.05) is 36.2 Å². The lowest BCUT2D eigenvalue weighted by Gasteiger charge is -2.39. The highest BCUT2D eigenvalue weighted by molar-refractivity contribution is 5.86. The van der Waals surface area contributed by atoms with Gasteiger partial charge in [0.15, 0.2) is 0 Å². The Morgan fingerprint density at radius 2 is 1.75 bits per heavy atom. The number of carbonyl (C=O) groups is 3. The normalized spacial score (nSPS) is 19.9. The topological polar surface area (TPSA) is 260 Å². The Morgan fingerprint density at radius 3 is 2.42 bits per heavy atom. The van der Waals surface area contributed by atoms with Gasteiger partial charge in [-0.15, -0.1) is 5.10 Å². The van der Waals surface area contributed by atoms with Gasteiger partial charge in [0.1, 0.15) is 42.8 Å². The van der Waals surface area contributed by atoms with Gasteiger partial charge in [-0.3, -0.25) is 14.7 Å². The van der Waals surface area contributed by atoms with E-state index in [0.29, 0.717) is 57.6 Å². The maximum Gasteiger partial charge on any atom is 0.407 e. The predicted octanol–water partition coefficient (Wildman–Crippen LogP) is 2.21. The first-order chi connectivity index (χ1) is 28.1. The van der Waals surface area contributed by atoms with E-state index in [1.165, 1.54) is 0 Å². The minimum atomic E-state index is -1.58. The summed E-state index contributed by atoms with van der Waals surface area (Å²) in [7, 11) is 0. The summed E-state index contributed by atoms with van der Waals surface area (Å²) in [6.45, 7) is 10.8. The molecule has 0 aliphatic carbocycles. The predicted molar refractivity (Wildman–Crippen MR) is 217 cm³/mol. The van der Waals surface area contributed by atoms with E-state index in [2.05, 4.69) is 26.1 Å². The zero-order valence-electron chi connectivity index (χ0n) is 34.6. The number of ether oxygens (including phenoxy) is 4. The van der Waals surface area contributed by atoms with Crippen LogP contribution in [0.3, 0.4) is 0 Å². The summed E-state index contributed by atoms with van der Waals surface area (Å²) >= 11 is 0. The van der Waals surface area contributed by atoms with Crippen molar-refractivity contribution in [2.75, 3.05) is 26.3 Å². The highest BCUT2D eigenvalue weighted by atomic mass is 16.7. The lowest BCUT2D eigenvalue weighted by Crippen LogP contribution is -2.60. The van der Waals surface area contributed by atoms with Gasteiger partial charge in [0.05, 0.1) is 13.2 Å². The highest BCUT2D eigenvalue weighted by Crippen LogP contribution is 2.32. The van der Waals surface area contributed by atoms with Gasteiger partial charge >= 0.3 is 6.09 Å². The molecule has 0 radical (unpaired) electrons. The number of amides is 3. The van der Waals surface area contributed by atoms with Gasteiger partial charge in [-0.05, 0) is 87.7 Å². The molecular formula is C42H62N6O11. The monoisotopic (exact) mass is 826 g/mol. The standard InChI is InChI=1S/C42H62N6O11/c1-25(2)34-30(39(48-47-34)59-40-37(53)36(52)35(51)32(23-49)58-40)21-28-15-16-29(20-26(28)3)56-19-11-18-45-42(4,5)22-33(50)46-31(38(43)54)14-9-10-17-44-41(55)57-24-27-12-7-6-8-13-27/h6-8,12-13,15-16,20,25,31-32,35-37,40,45,49,51-53H,9-11,14,17-19,21-24H2,1-5H3,(H2,43,54)(H,44,55)(H,46,50)(H,47,48)/t31-,32+,35+,36-,37+,40-/m0/s1. The number of alkyl carbamates (subject to hydrolysis) is 1. The summed E-state index contributed by atoms with van der Waals surface area (Å²) in [6.07, 6.45) is -4.94. The number of unbranched alkanes of at least 4 members (excludes halogenated alkanes) is 1. The second kappa shape index (κ2) is 22.6. The number of aromatic amines is 1. The molecule has 3 amide bonds. The Kier molecular flexibility index (Phi) is 17.9. The van der Waals surface area contributed by atoms with E-state index < -0.39 is 60.9 Å². The Balaban J connectivity index is 1.17. The molecule has 1 fully saturated rings.